The summed E-state index contributed by atoms with van der Waals surface area (Å²) >= 11 is 0. The molecule has 9 atom stereocenters. The summed E-state index contributed by atoms with van der Waals surface area (Å²) in [6, 6.07) is 0. The molecule has 46 heavy (non-hydrogen) atoms. The fraction of sp³-hybridized carbons (Fsp3) is 0.735. The molecule has 1 rings (SSSR count). The van der Waals surface area contributed by atoms with Gasteiger partial charge in [0, 0.05) is 23.8 Å². The number of ketones is 1. The molecule has 0 aromatic heterocycles. The maximum Gasteiger partial charge on any atom is 0.345 e. The van der Waals surface area contributed by atoms with Crippen LogP contribution in [0.1, 0.15) is 106 Å². The fourth-order valence-corrected chi connectivity index (χ4v) is 5.59. The van der Waals surface area contributed by atoms with Gasteiger partial charge in [-0.3, -0.25) is 14.4 Å². The van der Waals surface area contributed by atoms with Gasteiger partial charge < -0.3 is 35.0 Å². The zero-order chi connectivity index (χ0) is 35.3. The highest BCUT2D eigenvalue weighted by Gasteiger charge is 2.36. The summed E-state index contributed by atoms with van der Waals surface area (Å²) in [5.74, 6) is -4.81. The first-order valence-electron chi connectivity index (χ1n) is 16.2. The number of carbonyl (C=O) groups is 5. The highest BCUT2D eigenvalue weighted by Crippen LogP contribution is 2.26. The molecule has 1 unspecified atom stereocenters. The Morgan fingerprint density at radius 3 is 2.00 bits per heavy atom. The van der Waals surface area contributed by atoms with Crippen LogP contribution in [-0.2, 0) is 33.4 Å². The van der Waals surface area contributed by atoms with Gasteiger partial charge in [0.25, 0.3) is 0 Å². The Morgan fingerprint density at radius 2 is 1.46 bits per heavy atom. The Hall–Kier alpha value is -2.93. The Bertz CT molecular complexity index is 1130. The zero-order valence-corrected chi connectivity index (χ0v) is 28.2. The first-order chi connectivity index (χ1) is 21.4. The molecular formula is C34H54O12. The van der Waals surface area contributed by atoms with Crippen molar-refractivity contribution in [1.29, 1.82) is 0 Å². The summed E-state index contributed by atoms with van der Waals surface area (Å²) in [5, 5.41) is 50.5. The van der Waals surface area contributed by atoms with Crippen LogP contribution in [0.4, 0.5) is 0 Å². The number of Topliss-reactive ketones (excluding diaryl/α,β-unsaturated/α-hetero) is 1. The van der Waals surface area contributed by atoms with Crippen LogP contribution in [0.25, 0.3) is 0 Å². The second-order valence-corrected chi connectivity index (χ2v) is 12.9. The number of carboxylic acids is 1. The minimum absolute atomic E-state index is 0.0791. The van der Waals surface area contributed by atoms with Gasteiger partial charge in [-0.1, -0.05) is 40.7 Å². The standard InChI is InChI=1S/C34H54O12/c1-8-24(28(38)16-30(40)41)11-9-10-18(2)14-19(3)12-13-25(35)21(5)27(37)15-26(36)20(4)23(7)45-31(42)17-29(39)32-22(6)33(43)46-34(32)44/h11,18-21,23,25-26,28-29,35-36,38-39H,8-10,12-17H2,1-7H3,(H,40,41)/b24-11+/t18-,19-,20-,21-,23-,25-,26+,28?,29+/m0/s1. The van der Waals surface area contributed by atoms with E-state index < -0.39 is 72.7 Å². The molecule has 0 aromatic carbocycles. The van der Waals surface area contributed by atoms with E-state index in [1.165, 1.54) is 13.8 Å². The summed E-state index contributed by atoms with van der Waals surface area (Å²) in [4.78, 5) is 59.3. The van der Waals surface area contributed by atoms with Crippen molar-refractivity contribution in [1.82, 2.24) is 0 Å². The number of hydrogen-bond acceptors (Lipinski definition) is 11. The summed E-state index contributed by atoms with van der Waals surface area (Å²) in [7, 11) is 0. The molecule has 1 aliphatic rings. The van der Waals surface area contributed by atoms with E-state index in [1.807, 2.05) is 13.0 Å². The molecule has 12 heteroatoms. The number of aliphatic carboxylic acids is 1. The van der Waals surface area contributed by atoms with Crippen LogP contribution in [0, 0.1) is 23.7 Å². The van der Waals surface area contributed by atoms with Crippen LogP contribution in [0.5, 0.6) is 0 Å². The molecule has 0 amide bonds. The average molecular weight is 655 g/mol. The lowest BCUT2D eigenvalue weighted by Crippen LogP contribution is -2.36. The molecule has 0 radical (unpaired) electrons. The van der Waals surface area contributed by atoms with E-state index in [4.69, 9.17) is 9.84 Å². The molecule has 262 valence electrons. The van der Waals surface area contributed by atoms with E-state index >= 15 is 0 Å². The van der Waals surface area contributed by atoms with Gasteiger partial charge in [-0.15, -0.1) is 0 Å². The molecular weight excluding hydrogens is 600 g/mol. The van der Waals surface area contributed by atoms with E-state index in [0.717, 1.165) is 24.8 Å². The minimum Gasteiger partial charge on any atom is -0.481 e. The Kier molecular flexibility index (Phi) is 17.6. The molecule has 0 saturated heterocycles. The van der Waals surface area contributed by atoms with Gasteiger partial charge in [-0.25, -0.2) is 9.59 Å². The molecule has 0 spiro atoms. The minimum atomic E-state index is -1.59. The normalized spacial score (nSPS) is 19.8. The number of carbonyl (C=O) groups excluding carboxylic acids is 4. The van der Waals surface area contributed by atoms with Gasteiger partial charge in [-0.05, 0) is 69.8 Å². The lowest BCUT2D eigenvalue weighted by Gasteiger charge is -2.27. The molecule has 1 heterocycles. The number of esters is 3. The second-order valence-electron chi connectivity index (χ2n) is 12.9. The van der Waals surface area contributed by atoms with Crippen LogP contribution in [0.2, 0.25) is 0 Å². The van der Waals surface area contributed by atoms with Crippen LogP contribution < -0.4 is 0 Å². The summed E-state index contributed by atoms with van der Waals surface area (Å²) in [6.07, 6.45) is -0.433. The number of hydrogen-bond donors (Lipinski definition) is 5. The first-order valence-corrected chi connectivity index (χ1v) is 16.2. The van der Waals surface area contributed by atoms with Crippen molar-refractivity contribution < 1.29 is 59.0 Å². The SMILES string of the molecule is CC/C(=C\CC[C@H](C)C[C@@H](C)CC[C@H](O)[C@H](C)C(=O)C[C@@H](O)[C@@H](C)[C@H](C)OC(=O)C[C@@H](O)C1=C(C)C(=O)OC1=O)C(O)CC(=O)O. The van der Waals surface area contributed by atoms with Gasteiger partial charge in [-0.2, -0.15) is 0 Å². The van der Waals surface area contributed by atoms with Crippen molar-refractivity contribution in [2.75, 3.05) is 0 Å². The number of allylic oxidation sites excluding steroid dienone is 1. The maximum atomic E-state index is 12.9. The second kappa shape index (κ2) is 19.7. The van der Waals surface area contributed by atoms with Crippen molar-refractivity contribution in [3.63, 3.8) is 0 Å². The van der Waals surface area contributed by atoms with Gasteiger partial charge in [0.2, 0.25) is 0 Å². The number of carboxylic acid groups (broad SMARTS) is 1. The molecule has 0 saturated carbocycles. The highest BCUT2D eigenvalue weighted by atomic mass is 16.6. The molecule has 12 nitrogen and oxygen atoms in total. The molecule has 0 aliphatic carbocycles. The molecule has 1 aliphatic heterocycles. The van der Waals surface area contributed by atoms with Gasteiger partial charge in [0.05, 0.1) is 42.8 Å². The van der Waals surface area contributed by atoms with Crippen LogP contribution in [-0.4, -0.2) is 85.7 Å². The third-order valence-corrected chi connectivity index (χ3v) is 9.00. The number of ether oxygens (including phenoxy) is 2. The summed E-state index contributed by atoms with van der Waals surface area (Å²) in [5.41, 5.74) is 0.358. The lowest BCUT2D eigenvalue weighted by molar-refractivity contribution is -0.154. The van der Waals surface area contributed by atoms with Crippen LogP contribution in [0.3, 0.4) is 0 Å². The molecule has 0 bridgehead atoms. The van der Waals surface area contributed by atoms with Gasteiger partial charge in [0.15, 0.2) is 0 Å². The van der Waals surface area contributed by atoms with Gasteiger partial charge >= 0.3 is 23.9 Å². The van der Waals surface area contributed by atoms with Crippen molar-refractivity contribution in [3.8, 4) is 0 Å². The quantitative estimate of drug-likeness (QED) is 0.0647. The van der Waals surface area contributed by atoms with Crippen LogP contribution >= 0.6 is 0 Å². The smallest absolute Gasteiger partial charge is 0.345 e. The largest absolute Gasteiger partial charge is 0.481 e. The predicted molar refractivity (Wildman–Crippen MR) is 168 cm³/mol. The summed E-state index contributed by atoms with van der Waals surface area (Å²) in [6.45, 7) is 12.2. The molecule has 0 aromatic rings. The van der Waals surface area contributed by atoms with Crippen molar-refractivity contribution in [3.05, 3.63) is 22.8 Å². The zero-order valence-electron chi connectivity index (χ0n) is 28.2. The number of aliphatic hydroxyl groups is 4. The topological polar surface area (TPSA) is 205 Å². The van der Waals surface area contributed by atoms with Gasteiger partial charge in [0.1, 0.15) is 11.9 Å². The Morgan fingerprint density at radius 1 is 0.848 bits per heavy atom. The molecule has 5 N–H and O–H groups in total. The van der Waals surface area contributed by atoms with E-state index in [-0.39, 0.29) is 29.8 Å². The number of rotatable bonds is 22. The lowest BCUT2D eigenvalue weighted by atomic mass is 9.85. The number of aliphatic hydroxyl groups excluding tert-OH is 4. The maximum absolute atomic E-state index is 12.9. The van der Waals surface area contributed by atoms with Crippen LogP contribution in [0.15, 0.2) is 22.8 Å². The third-order valence-electron chi connectivity index (χ3n) is 9.00. The average Bonchev–Trinajstić information content (AvgIpc) is 3.22. The highest BCUT2D eigenvalue weighted by molar-refractivity contribution is 6.12. The van der Waals surface area contributed by atoms with Crippen molar-refractivity contribution in [2.45, 2.75) is 137 Å². The predicted octanol–water partition coefficient (Wildman–Crippen LogP) is 3.42. The Balaban J connectivity index is 2.48. The summed E-state index contributed by atoms with van der Waals surface area (Å²) < 4.78 is 9.72. The monoisotopic (exact) mass is 654 g/mol. The molecule has 0 fully saturated rings. The van der Waals surface area contributed by atoms with Crippen molar-refractivity contribution in [2.24, 2.45) is 23.7 Å². The van der Waals surface area contributed by atoms with E-state index in [1.54, 1.807) is 13.8 Å². The van der Waals surface area contributed by atoms with E-state index in [2.05, 4.69) is 18.6 Å². The fourth-order valence-electron chi connectivity index (χ4n) is 5.59. The first kappa shape index (κ1) is 41.1. The van der Waals surface area contributed by atoms with E-state index in [9.17, 15) is 44.4 Å². The number of cyclic esters (lactones) is 2. The van der Waals surface area contributed by atoms with Crippen molar-refractivity contribution >= 4 is 29.7 Å². The van der Waals surface area contributed by atoms with E-state index in [0.29, 0.717) is 31.1 Å². The Labute approximate surface area is 271 Å². The third kappa shape index (κ3) is 13.4.